The van der Waals surface area contributed by atoms with Gasteiger partial charge in [0.15, 0.2) is 5.75 Å². The molecule has 4 heteroatoms. The van der Waals surface area contributed by atoms with E-state index in [1.54, 1.807) is 12.1 Å². The van der Waals surface area contributed by atoms with Gasteiger partial charge >= 0.3 is 0 Å². The Morgan fingerprint density at radius 2 is 1.48 bits per heavy atom. The van der Waals surface area contributed by atoms with Crippen LogP contribution in [0.3, 0.4) is 0 Å². The molecule has 3 aromatic carbocycles. The zero-order valence-electron chi connectivity index (χ0n) is 12.2. The van der Waals surface area contributed by atoms with Gasteiger partial charge in [0.05, 0.1) is 5.69 Å². The molecule has 0 aliphatic carbocycles. The Hall–Kier alpha value is -2.59. The highest BCUT2D eigenvalue weighted by atomic mass is 79.9. The van der Waals surface area contributed by atoms with E-state index in [4.69, 9.17) is 4.74 Å². The zero-order valence-corrected chi connectivity index (χ0v) is 13.8. The molecule has 0 spiro atoms. The van der Waals surface area contributed by atoms with Crippen molar-refractivity contribution in [2.75, 3.05) is 5.32 Å². The normalized spacial score (nSPS) is 10.1. The number of halogens is 1. The van der Waals surface area contributed by atoms with Crippen LogP contribution in [0.15, 0.2) is 83.3 Å². The third-order valence-corrected chi connectivity index (χ3v) is 3.74. The standard InChI is InChI=1S/C19H14BrNO2/c20-15-10-12-16(13-11-15)23-18-9-5-4-8-17(18)21-19(22)14-6-2-1-3-7-14/h1-13H,(H,21,22). The summed E-state index contributed by atoms with van der Waals surface area (Å²) < 4.78 is 6.85. The highest BCUT2D eigenvalue weighted by Gasteiger charge is 2.10. The van der Waals surface area contributed by atoms with Gasteiger partial charge in [0, 0.05) is 10.0 Å². The lowest BCUT2D eigenvalue weighted by Gasteiger charge is -2.12. The van der Waals surface area contributed by atoms with Gasteiger partial charge in [-0.3, -0.25) is 4.79 Å². The van der Waals surface area contributed by atoms with Crippen molar-refractivity contribution in [2.45, 2.75) is 0 Å². The van der Waals surface area contributed by atoms with Crippen LogP contribution in [0.1, 0.15) is 10.4 Å². The van der Waals surface area contributed by atoms with Crippen LogP contribution in [0.5, 0.6) is 11.5 Å². The number of hydrogen-bond acceptors (Lipinski definition) is 2. The maximum Gasteiger partial charge on any atom is 0.255 e. The Labute approximate surface area is 143 Å². The van der Waals surface area contributed by atoms with Crippen molar-refractivity contribution in [3.63, 3.8) is 0 Å². The Morgan fingerprint density at radius 1 is 0.826 bits per heavy atom. The number of rotatable bonds is 4. The number of carbonyl (C=O) groups excluding carboxylic acids is 1. The van der Waals surface area contributed by atoms with Crippen LogP contribution in [-0.2, 0) is 0 Å². The minimum atomic E-state index is -0.169. The van der Waals surface area contributed by atoms with Crippen molar-refractivity contribution < 1.29 is 9.53 Å². The molecule has 0 heterocycles. The van der Waals surface area contributed by atoms with E-state index in [0.717, 1.165) is 4.47 Å². The molecule has 114 valence electrons. The van der Waals surface area contributed by atoms with Crippen LogP contribution in [0.25, 0.3) is 0 Å². The first kappa shape index (κ1) is 15.3. The Bertz CT molecular complexity index is 801. The molecule has 3 rings (SSSR count). The maximum absolute atomic E-state index is 12.3. The molecule has 3 aromatic rings. The first-order chi connectivity index (χ1) is 11.2. The predicted molar refractivity (Wildman–Crippen MR) is 95.1 cm³/mol. The van der Waals surface area contributed by atoms with Gasteiger partial charge in [-0.25, -0.2) is 0 Å². The molecule has 0 aliphatic rings. The molecule has 0 aromatic heterocycles. The largest absolute Gasteiger partial charge is 0.455 e. The fourth-order valence-corrected chi connectivity index (χ4v) is 2.34. The molecule has 0 fully saturated rings. The molecule has 0 bridgehead atoms. The van der Waals surface area contributed by atoms with E-state index in [1.807, 2.05) is 66.7 Å². The summed E-state index contributed by atoms with van der Waals surface area (Å²) in [5.74, 6) is 1.13. The zero-order chi connectivity index (χ0) is 16.1. The summed E-state index contributed by atoms with van der Waals surface area (Å²) in [5, 5.41) is 2.89. The number of hydrogen-bond donors (Lipinski definition) is 1. The molecule has 0 unspecified atom stereocenters. The summed E-state index contributed by atoms with van der Waals surface area (Å²) >= 11 is 3.39. The number of anilines is 1. The SMILES string of the molecule is O=C(Nc1ccccc1Oc1ccc(Br)cc1)c1ccccc1. The van der Waals surface area contributed by atoms with Crippen LogP contribution in [-0.4, -0.2) is 5.91 Å². The van der Waals surface area contributed by atoms with Crippen LogP contribution in [0, 0.1) is 0 Å². The Morgan fingerprint density at radius 3 is 2.22 bits per heavy atom. The molecular weight excluding hydrogens is 354 g/mol. The van der Waals surface area contributed by atoms with Gasteiger partial charge in [-0.1, -0.05) is 46.3 Å². The minimum Gasteiger partial charge on any atom is -0.455 e. The van der Waals surface area contributed by atoms with E-state index in [0.29, 0.717) is 22.7 Å². The molecule has 0 radical (unpaired) electrons. The van der Waals surface area contributed by atoms with Crippen LogP contribution in [0.4, 0.5) is 5.69 Å². The third-order valence-electron chi connectivity index (χ3n) is 3.21. The van der Waals surface area contributed by atoms with E-state index in [2.05, 4.69) is 21.2 Å². The van der Waals surface area contributed by atoms with E-state index < -0.39 is 0 Å². The fraction of sp³-hybridized carbons (Fsp3) is 0. The number of para-hydroxylation sites is 2. The van der Waals surface area contributed by atoms with Gasteiger partial charge in [-0.05, 0) is 48.5 Å². The minimum absolute atomic E-state index is 0.169. The second-order valence-electron chi connectivity index (χ2n) is 4.87. The van der Waals surface area contributed by atoms with Crippen molar-refractivity contribution in [1.29, 1.82) is 0 Å². The van der Waals surface area contributed by atoms with Gasteiger partial charge < -0.3 is 10.1 Å². The van der Waals surface area contributed by atoms with Crippen molar-refractivity contribution in [3.05, 3.63) is 88.9 Å². The lowest BCUT2D eigenvalue weighted by Crippen LogP contribution is -2.12. The van der Waals surface area contributed by atoms with Crippen LogP contribution >= 0.6 is 15.9 Å². The summed E-state index contributed by atoms with van der Waals surface area (Å²) in [5.41, 5.74) is 1.23. The molecule has 0 saturated heterocycles. The van der Waals surface area contributed by atoms with E-state index >= 15 is 0 Å². The number of amides is 1. The first-order valence-corrected chi connectivity index (χ1v) is 7.90. The Balaban J connectivity index is 1.80. The maximum atomic E-state index is 12.3. The van der Waals surface area contributed by atoms with E-state index in [-0.39, 0.29) is 5.91 Å². The quantitative estimate of drug-likeness (QED) is 0.661. The fourth-order valence-electron chi connectivity index (χ4n) is 2.07. The lowest BCUT2D eigenvalue weighted by atomic mass is 10.2. The molecule has 0 aliphatic heterocycles. The van der Waals surface area contributed by atoms with E-state index in [1.165, 1.54) is 0 Å². The topological polar surface area (TPSA) is 38.3 Å². The van der Waals surface area contributed by atoms with E-state index in [9.17, 15) is 4.79 Å². The highest BCUT2D eigenvalue weighted by Crippen LogP contribution is 2.30. The number of benzene rings is 3. The summed E-state index contributed by atoms with van der Waals surface area (Å²) in [6.07, 6.45) is 0. The van der Waals surface area contributed by atoms with Crippen molar-refractivity contribution >= 4 is 27.5 Å². The molecule has 3 nitrogen and oxygen atoms in total. The van der Waals surface area contributed by atoms with Crippen molar-refractivity contribution in [2.24, 2.45) is 0 Å². The van der Waals surface area contributed by atoms with Crippen molar-refractivity contribution in [1.82, 2.24) is 0 Å². The number of ether oxygens (including phenoxy) is 1. The van der Waals surface area contributed by atoms with Crippen LogP contribution in [0.2, 0.25) is 0 Å². The molecule has 1 N–H and O–H groups in total. The third kappa shape index (κ3) is 3.99. The van der Waals surface area contributed by atoms with Gasteiger partial charge in [-0.15, -0.1) is 0 Å². The number of nitrogens with one attached hydrogen (secondary N) is 1. The summed E-state index contributed by atoms with van der Waals surface area (Å²) in [7, 11) is 0. The first-order valence-electron chi connectivity index (χ1n) is 7.11. The predicted octanol–water partition coefficient (Wildman–Crippen LogP) is 5.49. The van der Waals surface area contributed by atoms with Crippen LogP contribution < -0.4 is 10.1 Å². The van der Waals surface area contributed by atoms with Crippen molar-refractivity contribution in [3.8, 4) is 11.5 Å². The Kier molecular flexibility index (Phi) is 4.74. The monoisotopic (exact) mass is 367 g/mol. The average Bonchev–Trinajstić information content (AvgIpc) is 2.59. The average molecular weight is 368 g/mol. The lowest BCUT2D eigenvalue weighted by molar-refractivity contribution is 0.102. The molecule has 23 heavy (non-hydrogen) atoms. The molecule has 1 amide bonds. The summed E-state index contributed by atoms with van der Waals surface area (Å²) in [6.45, 7) is 0. The summed E-state index contributed by atoms with van der Waals surface area (Å²) in [4.78, 5) is 12.3. The second kappa shape index (κ2) is 7.11. The molecular formula is C19H14BrNO2. The highest BCUT2D eigenvalue weighted by molar-refractivity contribution is 9.10. The molecule has 0 saturated carbocycles. The van der Waals surface area contributed by atoms with Gasteiger partial charge in [-0.2, -0.15) is 0 Å². The molecule has 0 atom stereocenters. The van der Waals surface area contributed by atoms with Gasteiger partial charge in [0.1, 0.15) is 5.75 Å². The number of carbonyl (C=O) groups is 1. The van der Waals surface area contributed by atoms with Gasteiger partial charge in [0.2, 0.25) is 0 Å². The van der Waals surface area contributed by atoms with Gasteiger partial charge in [0.25, 0.3) is 5.91 Å². The second-order valence-corrected chi connectivity index (χ2v) is 5.79. The smallest absolute Gasteiger partial charge is 0.255 e. The summed E-state index contributed by atoms with van der Waals surface area (Å²) in [6, 6.07) is 24.0.